The molecule has 0 spiro atoms. The Morgan fingerprint density at radius 3 is 2.56 bits per heavy atom. The zero-order valence-corrected chi connectivity index (χ0v) is 12.1. The van der Waals surface area contributed by atoms with E-state index in [1.807, 2.05) is 6.92 Å². The van der Waals surface area contributed by atoms with Crippen LogP contribution in [0.4, 0.5) is 0 Å². The van der Waals surface area contributed by atoms with Crippen molar-refractivity contribution in [1.29, 1.82) is 0 Å². The van der Waals surface area contributed by atoms with Crippen molar-refractivity contribution in [2.45, 2.75) is 46.6 Å². The Morgan fingerprint density at radius 2 is 2.00 bits per heavy atom. The van der Waals surface area contributed by atoms with Gasteiger partial charge in [-0.3, -0.25) is 4.79 Å². The molecular formula is C13H20ClN3O. The second-order valence-corrected chi connectivity index (χ2v) is 5.35. The molecule has 1 N–H and O–H groups in total. The highest BCUT2D eigenvalue weighted by atomic mass is 35.5. The highest BCUT2D eigenvalue weighted by Gasteiger charge is 2.13. The Morgan fingerprint density at radius 1 is 1.33 bits per heavy atom. The fourth-order valence-corrected chi connectivity index (χ4v) is 1.83. The number of aryl methyl sites for hydroxylation is 1. The van der Waals surface area contributed by atoms with E-state index in [-0.39, 0.29) is 17.2 Å². The second kappa shape index (κ2) is 6.69. The molecule has 1 amide bonds. The van der Waals surface area contributed by atoms with E-state index in [2.05, 4.69) is 29.1 Å². The van der Waals surface area contributed by atoms with Crippen LogP contribution in [-0.2, 0) is 0 Å². The molecule has 1 aromatic rings. The van der Waals surface area contributed by atoms with E-state index in [1.54, 1.807) is 13.0 Å². The summed E-state index contributed by atoms with van der Waals surface area (Å²) in [7, 11) is 0. The maximum Gasteiger partial charge on any atom is 0.270 e. The summed E-state index contributed by atoms with van der Waals surface area (Å²) in [5.74, 6) is 0.443. The number of rotatable bonds is 5. The molecule has 4 nitrogen and oxygen atoms in total. The van der Waals surface area contributed by atoms with E-state index in [0.717, 1.165) is 12.8 Å². The minimum atomic E-state index is -0.196. The van der Waals surface area contributed by atoms with Crippen molar-refractivity contribution in [1.82, 2.24) is 15.3 Å². The van der Waals surface area contributed by atoms with E-state index in [9.17, 15) is 4.79 Å². The number of hydrogen-bond acceptors (Lipinski definition) is 3. The number of nitrogens with zero attached hydrogens (tertiary/aromatic N) is 2. The van der Waals surface area contributed by atoms with Gasteiger partial charge in [0.05, 0.1) is 0 Å². The summed E-state index contributed by atoms with van der Waals surface area (Å²) in [5, 5.41) is 3.02. The minimum absolute atomic E-state index is 0.106. The lowest BCUT2D eigenvalue weighted by molar-refractivity contribution is 0.0932. The fourth-order valence-electron chi connectivity index (χ4n) is 1.60. The predicted molar refractivity (Wildman–Crippen MR) is 72.8 cm³/mol. The lowest BCUT2D eigenvalue weighted by Crippen LogP contribution is -2.33. The van der Waals surface area contributed by atoms with Gasteiger partial charge in [-0.05, 0) is 50.3 Å². The SMILES string of the molecule is Cc1cc(C(=O)NC(C)CCC(C)C)nc(Cl)n1. The number of nitrogens with one attached hydrogen (secondary N) is 1. The third kappa shape index (κ3) is 5.00. The predicted octanol–water partition coefficient (Wildman–Crippen LogP) is 2.99. The summed E-state index contributed by atoms with van der Waals surface area (Å²) in [6.45, 7) is 8.12. The molecule has 0 fully saturated rings. The molecule has 0 aliphatic carbocycles. The van der Waals surface area contributed by atoms with Gasteiger partial charge in [-0.1, -0.05) is 13.8 Å². The molecule has 0 radical (unpaired) electrons. The normalized spacial score (nSPS) is 12.6. The molecule has 0 aliphatic rings. The van der Waals surface area contributed by atoms with Crippen molar-refractivity contribution < 1.29 is 4.79 Å². The number of carbonyl (C=O) groups excluding carboxylic acids is 1. The highest BCUT2D eigenvalue weighted by Crippen LogP contribution is 2.08. The molecule has 0 bridgehead atoms. The molecule has 1 unspecified atom stereocenters. The molecule has 0 aromatic carbocycles. The lowest BCUT2D eigenvalue weighted by atomic mass is 10.0. The van der Waals surface area contributed by atoms with E-state index in [1.165, 1.54) is 0 Å². The summed E-state index contributed by atoms with van der Waals surface area (Å²) in [6, 6.07) is 1.77. The van der Waals surface area contributed by atoms with Crippen LogP contribution in [-0.4, -0.2) is 21.9 Å². The van der Waals surface area contributed by atoms with E-state index < -0.39 is 0 Å². The first-order valence-electron chi connectivity index (χ1n) is 6.20. The summed E-state index contributed by atoms with van der Waals surface area (Å²) in [5.41, 5.74) is 1.01. The fraction of sp³-hybridized carbons (Fsp3) is 0.615. The maximum absolute atomic E-state index is 11.9. The Bertz CT molecular complexity index is 400. The van der Waals surface area contributed by atoms with Gasteiger partial charge >= 0.3 is 0 Å². The molecule has 5 heteroatoms. The molecule has 18 heavy (non-hydrogen) atoms. The summed E-state index contributed by atoms with van der Waals surface area (Å²) in [4.78, 5) is 19.8. The molecule has 0 aliphatic heterocycles. The van der Waals surface area contributed by atoms with E-state index >= 15 is 0 Å². The average molecular weight is 270 g/mol. The van der Waals surface area contributed by atoms with Crippen LogP contribution in [0.15, 0.2) is 6.07 Å². The number of halogens is 1. The highest BCUT2D eigenvalue weighted by molar-refractivity contribution is 6.28. The summed E-state index contributed by atoms with van der Waals surface area (Å²) < 4.78 is 0. The average Bonchev–Trinajstić information content (AvgIpc) is 2.25. The Labute approximate surface area is 113 Å². The number of aromatic nitrogens is 2. The van der Waals surface area contributed by atoms with Crippen LogP contribution >= 0.6 is 11.6 Å². The number of carbonyl (C=O) groups is 1. The second-order valence-electron chi connectivity index (χ2n) is 5.01. The molecule has 0 saturated carbocycles. The van der Waals surface area contributed by atoms with Gasteiger partial charge < -0.3 is 5.32 Å². The Hall–Kier alpha value is -1.16. The smallest absolute Gasteiger partial charge is 0.270 e. The zero-order valence-electron chi connectivity index (χ0n) is 11.3. The summed E-state index contributed by atoms with van der Waals surface area (Å²) in [6.07, 6.45) is 2.05. The van der Waals surface area contributed by atoms with Crippen molar-refractivity contribution in [3.05, 3.63) is 22.7 Å². The van der Waals surface area contributed by atoms with Gasteiger partial charge in [0.15, 0.2) is 0 Å². The Kier molecular flexibility index (Phi) is 5.54. The molecule has 1 aromatic heterocycles. The molecule has 1 atom stereocenters. The van der Waals surface area contributed by atoms with Crippen LogP contribution in [0.5, 0.6) is 0 Å². The van der Waals surface area contributed by atoms with Crippen LogP contribution in [0.2, 0.25) is 5.28 Å². The topological polar surface area (TPSA) is 54.9 Å². The van der Waals surface area contributed by atoms with Crippen LogP contribution in [0.25, 0.3) is 0 Å². The van der Waals surface area contributed by atoms with Crippen LogP contribution in [0, 0.1) is 12.8 Å². The van der Waals surface area contributed by atoms with Gasteiger partial charge in [0, 0.05) is 11.7 Å². The van der Waals surface area contributed by atoms with Crippen LogP contribution in [0.3, 0.4) is 0 Å². The minimum Gasteiger partial charge on any atom is -0.348 e. The molecule has 100 valence electrons. The standard InChI is InChI=1S/C13H20ClN3O/c1-8(2)5-6-9(3)15-12(18)11-7-10(4)16-13(14)17-11/h7-9H,5-6H2,1-4H3,(H,15,18). The first-order chi connectivity index (χ1) is 8.38. The van der Waals surface area contributed by atoms with Gasteiger partial charge in [-0.15, -0.1) is 0 Å². The van der Waals surface area contributed by atoms with E-state index in [0.29, 0.717) is 17.3 Å². The number of amides is 1. The largest absolute Gasteiger partial charge is 0.348 e. The van der Waals surface area contributed by atoms with Gasteiger partial charge in [-0.2, -0.15) is 0 Å². The van der Waals surface area contributed by atoms with Crippen molar-refractivity contribution >= 4 is 17.5 Å². The van der Waals surface area contributed by atoms with Crippen LogP contribution in [0.1, 0.15) is 49.8 Å². The summed E-state index contributed by atoms with van der Waals surface area (Å²) >= 11 is 5.73. The molecule has 0 saturated heterocycles. The first-order valence-corrected chi connectivity index (χ1v) is 6.58. The first kappa shape index (κ1) is 14.9. The van der Waals surface area contributed by atoms with Crippen molar-refractivity contribution in [3.8, 4) is 0 Å². The molecule has 1 rings (SSSR count). The third-order valence-corrected chi connectivity index (χ3v) is 2.78. The van der Waals surface area contributed by atoms with Gasteiger partial charge in [0.1, 0.15) is 5.69 Å². The van der Waals surface area contributed by atoms with Crippen molar-refractivity contribution in [2.24, 2.45) is 5.92 Å². The van der Waals surface area contributed by atoms with Gasteiger partial charge in [-0.25, -0.2) is 9.97 Å². The molecular weight excluding hydrogens is 250 g/mol. The van der Waals surface area contributed by atoms with Gasteiger partial charge in [0.25, 0.3) is 5.91 Å². The lowest BCUT2D eigenvalue weighted by Gasteiger charge is -2.14. The quantitative estimate of drug-likeness (QED) is 0.836. The van der Waals surface area contributed by atoms with Gasteiger partial charge in [0.2, 0.25) is 5.28 Å². The van der Waals surface area contributed by atoms with Crippen LogP contribution < -0.4 is 5.32 Å². The Balaban J connectivity index is 2.59. The van der Waals surface area contributed by atoms with Crippen molar-refractivity contribution in [3.63, 3.8) is 0 Å². The van der Waals surface area contributed by atoms with E-state index in [4.69, 9.17) is 11.6 Å². The maximum atomic E-state index is 11.9. The number of hydrogen-bond donors (Lipinski definition) is 1. The van der Waals surface area contributed by atoms with Crippen molar-refractivity contribution in [2.75, 3.05) is 0 Å². The zero-order chi connectivity index (χ0) is 13.7. The monoisotopic (exact) mass is 269 g/mol. The molecule has 1 heterocycles. The third-order valence-electron chi connectivity index (χ3n) is 2.61.